The van der Waals surface area contributed by atoms with E-state index in [0.29, 0.717) is 0 Å². The van der Waals surface area contributed by atoms with Crippen LogP contribution in [0.2, 0.25) is 5.02 Å². The third-order valence-electron chi connectivity index (χ3n) is 2.23. The number of benzene rings is 1. The number of hydrogen-bond acceptors (Lipinski definition) is 2. The molecule has 0 heterocycles. The Kier molecular flexibility index (Phi) is 4.35. The Labute approximate surface area is 100.0 Å². The molecule has 0 bridgehead atoms. The predicted octanol–water partition coefficient (Wildman–Crippen LogP) is 2.79. The fourth-order valence-corrected chi connectivity index (χ4v) is 1.42. The van der Waals surface area contributed by atoms with E-state index in [2.05, 4.69) is 0 Å². The van der Waals surface area contributed by atoms with Crippen molar-refractivity contribution < 1.29 is 22.7 Å². The lowest BCUT2D eigenvalue weighted by Crippen LogP contribution is -2.38. The topological polar surface area (TPSA) is 46.2 Å². The largest absolute Gasteiger partial charge is 0.403 e. The van der Waals surface area contributed by atoms with Crippen LogP contribution in [0.15, 0.2) is 18.2 Å². The average Bonchev–Trinajstić information content (AvgIpc) is 2.20. The first-order chi connectivity index (χ1) is 7.71. The number of aliphatic hydroxyl groups excluding tert-OH is 1. The van der Waals surface area contributed by atoms with Crippen molar-refractivity contribution in [1.82, 2.24) is 0 Å². The van der Waals surface area contributed by atoms with Gasteiger partial charge in [-0.1, -0.05) is 17.7 Å². The quantitative estimate of drug-likeness (QED) is 0.831. The van der Waals surface area contributed by atoms with Crippen molar-refractivity contribution in [2.24, 2.45) is 5.73 Å². The van der Waals surface area contributed by atoms with Crippen LogP contribution in [0.5, 0.6) is 0 Å². The van der Waals surface area contributed by atoms with E-state index in [-0.39, 0.29) is 10.6 Å². The molecule has 2 atom stereocenters. The summed E-state index contributed by atoms with van der Waals surface area (Å²) in [7, 11) is 0. The van der Waals surface area contributed by atoms with E-state index in [1.807, 2.05) is 0 Å². The third-order valence-corrected chi connectivity index (χ3v) is 2.52. The molecule has 1 aromatic rings. The third kappa shape index (κ3) is 3.83. The van der Waals surface area contributed by atoms with Crippen LogP contribution in [0.1, 0.15) is 18.1 Å². The summed E-state index contributed by atoms with van der Waals surface area (Å²) in [5, 5.41) is 9.25. The molecule has 0 aliphatic carbocycles. The molecule has 0 amide bonds. The normalized spacial score (nSPS) is 15.7. The van der Waals surface area contributed by atoms with Gasteiger partial charge < -0.3 is 10.8 Å². The van der Waals surface area contributed by atoms with Crippen LogP contribution in [0.4, 0.5) is 17.6 Å². The maximum atomic E-state index is 12.8. The first-order valence-corrected chi connectivity index (χ1v) is 5.05. The molecule has 0 saturated carbocycles. The second-order valence-corrected chi connectivity index (χ2v) is 3.98. The van der Waals surface area contributed by atoms with Crippen molar-refractivity contribution in [2.75, 3.05) is 0 Å². The monoisotopic (exact) mass is 271 g/mol. The summed E-state index contributed by atoms with van der Waals surface area (Å²) in [4.78, 5) is 0. The highest BCUT2D eigenvalue weighted by Crippen LogP contribution is 2.28. The number of alkyl halides is 3. The summed E-state index contributed by atoms with van der Waals surface area (Å²) in [6.45, 7) is 0. The van der Waals surface area contributed by atoms with Crippen LogP contribution in [0, 0.1) is 5.82 Å². The van der Waals surface area contributed by atoms with Crippen LogP contribution in [-0.4, -0.2) is 17.3 Å². The molecule has 0 saturated heterocycles. The molecular weight excluding hydrogens is 262 g/mol. The van der Waals surface area contributed by atoms with E-state index < -0.39 is 30.6 Å². The highest BCUT2D eigenvalue weighted by atomic mass is 35.5. The van der Waals surface area contributed by atoms with Crippen molar-refractivity contribution in [3.63, 3.8) is 0 Å². The van der Waals surface area contributed by atoms with Crippen LogP contribution in [0.25, 0.3) is 0 Å². The highest BCUT2D eigenvalue weighted by Gasteiger charge is 2.37. The van der Waals surface area contributed by atoms with Crippen LogP contribution in [-0.2, 0) is 0 Å². The molecule has 0 aromatic heterocycles. The minimum Gasteiger partial charge on any atom is -0.388 e. The Morgan fingerprint density at radius 2 is 1.94 bits per heavy atom. The maximum absolute atomic E-state index is 12.8. The molecule has 3 N–H and O–H groups in total. The Hall–Kier alpha value is -0.850. The molecule has 0 spiro atoms. The van der Waals surface area contributed by atoms with Gasteiger partial charge in [0.05, 0.1) is 11.1 Å². The number of rotatable bonds is 3. The molecule has 96 valence electrons. The van der Waals surface area contributed by atoms with E-state index in [0.717, 1.165) is 18.2 Å². The summed E-state index contributed by atoms with van der Waals surface area (Å²) < 4.78 is 49.2. The zero-order valence-corrected chi connectivity index (χ0v) is 9.26. The Bertz CT molecular complexity index is 396. The van der Waals surface area contributed by atoms with Gasteiger partial charge in [0, 0.05) is 6.42 Å². The lowest BCUT2D eigenvalue weighted by molar-refractivity contribution is -0.153. The van der Waals surface area contributed by atoms with E-state index in [1.165, 1.54) is 0 Å². The fraction of sp³-hybridized carbons (Fsp3) is 0.400. The number of halogens is 5. The summed E-state index contributed by atoms with van der Waals surface area (Å²) >= 11 is 5.44. The first-order valence-electron chi connectivity index (χ1n) is 4.67. The van der Waals surface area contributed by atoms with Crippen LogP contribution >= 0.6 is 11.6 Å². The van der Waals surface area contributed by atoms with Crippen molar-refractivity contribution in [3.05, 3.63) is 34.6 Å². The zero-order chi connectivity index (χ0) is 13.2. The molecule has 17 heavy (non-hydrogen) atoms. The Morgan fingerprint density at radius 3 is 2.41 bits per heavy atom. The van der Waals surface area contributed by atoms with Gasteiger partial charge in [-0.3, -0.25) is 0 Å². The van der Waals surface area contributed by atoms with Gasteiger partial charge in [-0.2, -0.15) is 13.2 Å². The van der Waals surface area contributed by atoms with E-state index in [9.17, 15) is 22.7 Å². The molecule has 0 aliphatic rings. The van der Waals surface area contributed by atoms with Crippen LogP contribution < -0.4 is 5.73 Å². The molecule has 0 aliphatic heterocycles. The second kappa shape index (κ2) is 5.20. The molecule has 7 heteroatoms. The molecular formula is C10H10ClF4NO. The zero-order valence-electron chi connectivity index (χ0n) is 8.51. The smallest absolute Gasteiger partial charge is 0.388 e. The molecule has 1 rings (SSSR count). The van der Waals surface area contributed by atoms with E-state index >= 15 is 0 Å². The lowest BCUT2D eigenvalue weighted by Gasteiger charge is -2.19. The van der Waals surface area contributed by atoms with Gasteiger partial charge in [0.25, 0.3) is 0 Å². The molecule has 0 fully saturated rings. The van der Waals surface area contributed by atoms with Gasteiger partial charge in [0.1, 0.15) is 11.9 Å². The summed E-state index contributed by atoms with van der Waals surface area (Å²) in [5.74, 6) is -0.706. The number of nitrogens with two attached hydrogens (primary N) is 1. The van der Waals surface area contributed by atoms with Crippen LogP contribution in [0.3, 0.4) is 0 Å². The second-order valence-electron chi connectivity index (χ2n) is 3.57. The van der Waals surface area contributed by atoms with Gasteiger partial charge in [-0.05, 0) is 17.7 Å². The van der Waals surface area contributed by atoms with Crippen molar-refractivity contribution in [3.8, 4) is 0 Å². The molecule has 0 unspecified atom stereocenters. The van der Waals surface area contributed by atoms with E-state index in [4.69, 9.17) is 17.3 Å². The standard InChI is InChI=1S/C10H10ClF4NO/c11-6-3-5(1-2-7(6)12)8(17)4-9(16)10(13,14)15/h1-3,8-9,17H,4,16H2/t8-,9+/m0/s1. The van der Waals surface area contributed by atoms with E-state index in [1.54, 1.807) is 0 Å². The van der Waals surface area contributed by atoms with Gasteiger partial charge >= 0.3 is 6.18 Å². The SMILES string of the molecule is N[C@H](C[C@H](O)c1ccc(F)c(Cl)c1)C(F)(F)F. The Morgan fingerprint density at radius 1 is 1.35 bits per heavy atom. The van der Waals surface area contributed by atoms with Gasteiger partial charge in [0.15, 0.2) is 0 Å². The highest BCUT2D eigenvalue weighted by molar-refractivity contribution is 6.30. The van der Waals surface area contributed by atoms with Crippen molar-refractivity contribution >= 4 is 11.6 Å². The predicted molar refractivity (Wildman–Crippen MR) is 55.0 cm³/mol. The van der Waals surface area contributed by atoms with Crippen molar-refractivity contribution in [1.29, 1.82) is 0 Å². The van der Waals surface area contributed by atoms with Gasteiger partial charge in [0.2, 0.25) is 0 Å². The number of hydrogen-bond donors (Lipinski definition) is 2. The summed E-state index contributed by atoms with van der Waals surface area (Å²) in [6.07, 6.45) is -6.72. The molecule has 0 radical (unpaired) electrons. The maximum Gasteiger partial charge on any atom is 0.403 e. The Balaban J connectivity index is 2.76. The molecule has 2 nitrogen and oxygen atoms in total. The van der Waals surface area contributed by atoms with Gasteiger partial charge in [-0.25, -0.2) is 4.39 Å². The number of aliphatic hydroxyl groups is 1. The van der Waals surface area contributed by atoms with Gasteiger partial charge in [-0.15, -0.1) is 0 Å². The molecule has 1 aromatic carbocycles. The lowest BCUT2D eigenvalue weighted by atomic mass is 10.0. The summed E-state index contributed by atoms with van der Waals surface area (Å²) in [5.41, 5.74) is 4.96. The minimum absolute atomic E-state index is 0.0936. The minimum atomic E-state index is -4.58. The average molecular weight is 272 g/mol. The van der Waals surface area contributed by atoms with Crippen molar-refractivity contribution in [2.45, 2.75) is 24.7 Å². The fourth-order valence-electron chi connectivity index (χ4n) is 1.23. The summed E-state index contributed by atoms with van der Waals surface area (Å²) in [6, 6.07) is 1.07. The first kappa shape index (κ1) is 14.2.